The zero-order valence-electron chi connectivity index (χ0n) is 11.8. The summed E-state index contributed by atoms with van der Waals surface area (Å²) in [5.74, 6) is 0.953. The summed E-state index contributed by atoms with van der Waals surface area (Å²) in [6.07, 6.45) is 2.98. The number of nitrogens with zero attached hydrogens (tertiary/aromatic N) is 3. The number of aromatic nitrogens is 1. The molecule has 2 rings (SSSR count). The second-order valence-electron chi connectivity index (χ2n) is 5.34. The van der Waals surface area contributed by atoms with E-state index >= 15 is 0 Å². The second kappa shape index (κ2) is 7.22. The first kappa shape index (κ1) is 14.8. The molecule has 1 aliphatic rings. The molecule has 1 N–H and O–H groups in total. The van der Waals surface area contributed by atoms with Gasteiger partial charge in [-0.3, -0.25) is 0 Å². The Hall–Kier alpha value is -0.650. The summed E-state index contributed by atoms with van der Waals surface area (Å²) in [6, 6.07) is 4.48. The Kier molecular flexibility index (Phi) is 5.60. The van der Waals surface area contributed by atoms with Gasteiger partial charge in [0.05, 0.1) is 0 Å². The first-order chi connectivity index (χ1) is 9.13. The molecule has 4 nitrogen and oxygen atoms in total. The molecule has 0 aliphatic carbocycles. The van der Waals surface area contributed by atoms with Crippen molar-refractivity contribution in [3.05, 3.63) is 22.8 Å². The van der Waals surface area contributed by atoms with Gasteiger partial charge in [0.25, 0.3) is 0 Å². The molecule has 5 heteroatoms. The summed E-state index contributed by atoms with van der Waals surface area (Å²) >= 11 is 3.40. The summed E-state index contributed by atoms with van der Waals surface area (Å²) < 4.78 is 1.02. The standard InChI is InChI=1S/C14H23BrN4/c1-12(17-14-4-3-13(15)11-16-14)5-6-19-9-7-18(2)8-10-19/h3-4,11-12H,5-10H2,1-2H3,(H,16,17). The molecule has 106 valence electrons. The summed E-state index contributed by atoms with van der Waals surface area (Å²) in [5, 5.41) is 3.45. The SMILES string of the molecule is CC(CCN1CCN(C)CC1)Nc1ccc(Br)cn1. The van der Waals surface area contributed by atoms with Crippen LogP contribution in [0.5, 0.6) is 0 Å². The highest BCUT2D eigenvalue weighted by molar-refractivity contribution is 9.10. The van der Waals surface area contributed by atoms with E-state index in [4.69, 9.17) is 0 Å². The van der Waals surface area contributed by atoms with E-state index in [-0.39, 0.29) is 0 Å². The van der Waals surface area contributed by atoms with Crippen molar-refractivity contribution in [1.82, 2.24) is 14.8 Å². The van der Waals surface area contributed by atoms with Crippen molar-refractivity contribution >= 4 is 21.7 Å². The molecule has 0 saturated carbocycles. The van der Waals surface area contributed by atoms with E-state index in [9.17, 15) is 0 Å². The average Bonchev–Trinajstić information content (AvgIpc) is 2.41. The summed E-state index contributed by atoms with van der Waals surface area (Å²) in [5.41, 5.74) is 0. The molecule has 0 amide bonds. The van der Waals surface area contributed by atoms with E-state index in [1.807, 2.05) is 18.3 Å². The minimum atomic E-state index is 0.452. The van der Waals surface area contributed by atoms with E-state index in [2.05, 4.69) is 50.0 Å². The van der Waals surface area contributed by atoms with Gasteiger partial charge in [-0.25, -0.2) is 4.98 Å². The molecular formula is C14H23BrN4. The first-order valence-corrected chi connectivity index (χ1v) is 7.72. The molecular weight excluding hydrogens is 304 g/mol. The molecule has 1 saturated heterocycles. The van der Waals surface area contributed by atoms with Crippen LogP contribution in [-0.2, 0) is 0 Å². The summed E-state index contributed by atoms with van der Waals surface area (Å²) in [6.45, 7) is 8.16. The molecule has 1 unspecified atom stereocenters. The van der Waals surface area contributed by atoms with Crippen LogP contribution in [0.1, 0.15) is 13.3 Å². The van der Waals surface area contributed by atoms with Gasteiger partial charge >= 0.3 is 0 Å². The lowest BCUT2D eigenvalue weighted by Crippen LogP contribution is -2.45. The third kappa shape index (κ3) is 5.09. The van der Waals surface area contributed by atoms with Crippen LogP contribution in [0.2, 0.25) is 0 Å². The smallest absolute Gasteiger partial charge is 0.126 e. The van der Waals surface area contributed by atoms with E-state index in [0.29, 0.717) is 6.04 Å². The summed E-state index contributed by atoms with van der Waals surface area (Å²) in [4.78, 5) is 9.29. The van der Waals surface area contributed by atoms with E-state index in [0.717, 1.165) is 16.7 Å². The van der Waals surface area contributed by atoms with Gasteiger partial charge in [0.2, 0.25) is 0 Å². The van der Waals surface area contributed by atoms with Gasteiger partial charge in [-0.05, 0) is 48.5 Å². The number of pyridine rings is 1. The lowest BCUT2D eigenvalue weighted by Gasteiger charge is -2.33. The van der Waals surface area contributed by atoms with Crippen molar-refractivity contribution in [3.63, 3.8) is 0 Å². The number of likely N-dealkylation sites (N-methyl/N-ethyl adjacent to an activating group) is 1. The summed E-state index contributed by atoms with van der Waals surface area (Å²) in [7, 11) is 2.20. The monoisotopic (exact) mass is 326 g/mol. The number of halogens is 1. The Morgan fingerprint density at radius 2 is 2.05 bits per heavy atom. The zero-order chi connectivity index (χ0) is 13.7. The highest BCUT2D eigenvalue weighted by atomic mass is 79.9. The molecule has 1 aromatic rings. The van der Waals surface area contributed by atoms with Crippen molar-refractivity contribution in [3.8, 4) is 0 Å². The number of rotatable bonds is 5. The zero-order valence-corrected chi connectivity index (χ0v) is 13.4. The molecule has 0 spiro atoms. The number of hydrogen-bond donors (Lipinski definition) is 1. The van der Waals surface area contributed by atoms with E-state index in [1.54, 1.807) is 0 Å². The highest BCUT2D eigenvalue weighted by Crippen LogP contribution is 2.12. The van der Waals surface area contributed by atoms with Gasteiger partial charge in [0, 0.05) is 49.4 Å². The van der Waals surface area contributed by atoms with Crippen LogP contribution < -0.4 is 5.32 Å². The minimum absolute atomic E-state index is 0.452. The van der Waals surface area contributed by atoms with Gasteiger partial charge in [-0.15, -0.1) is 0 Å². The van der Waals surface area contributed by atoms with Gasteiger partial charge in [-0.2, -0.15) is 0 Å². The molecule has 0 aromatic carbocycles. The number of anilines is 1. The van der Waals surface area contributed by atoms with Crippen LogP contribution in [0.15, 0.2) is 22.8 Å². The maximum absolute atomic E-state index is 4.34. The van der Waals surface area contributed by atoms with Gasteiger partial charge in [-0.1, -0.05) is 0 Å². The molecule has 2 heterocycles. The largest absolute Gasteiger partial charge is 0.368 e. The van der Waals surface area contributed by atoms with Crippen molar-refractivity contribution in [2.45, 2.75) is 19.4 Å². The molecule has 0 bridgehead atoms. The first-order valence-electron chi connectivity index (χ1n) is 6.92. The van der Waals surface area contributed by atoms with E-state index < -0.39 is 0 Å². The van der Waals surface area contributed by atoms with Crippen LogP contribution in [0, 0.1) is 0 Å². The van der Waals surface area contributed by atoms with Gasteiger partial charge in [0.15, 0.2) is 0 Å². The lowest BCUT2D eigenvalue weighted by atomic mass is 10.2. The fourth-order valence-corrected chi connectivity index (χ4v) is 2.47. The van der Waals surface area contributed by atoms with Crippen LogP contribution in [0.4, 0.5) is 5.82 Å². The van der Waals surface area contributed by atoms with Gasteiger partial charge < -0.3 is 15.1 Å². The Bertz CT molecular complexity index is 374. The number of piperazine rings is 1. The third-order valence-electron chi connectivity index (χ3n) is 3.60. The fourth-order valence-electron chi connectivity index (χ4n) is 2.23. The molecule has 1 fully saturated rings. The number of nitrogens with one attached hydrogen (secondary N) is 1. The van der Waals surface area contributed by atoms with Crippen molar-refractivity contribution < 1.29 is 0 Å². The highest BCUT2D eigenvalue weighted by Gasteiger charge is 2.14. The quantitative estimate of drug-likeness (QED) is 0.899. The van der Waals surface area contributed by atoms with Crippen LogP contribution in [0.25, 0.3) is 0 Å². The topological polar surface area (TPSA) is 31.4 Å². The fraction of sp³-hybridized carbons (Fsp3) is 0.643. The van der Waals surface area contributed by atoms with Crippen LogP contribution in [0.3, 0.4) is 0 Å². The Morgan fingerprint density at radius 1 is 1.32 bits per heavy atom. The Labute approximate surface area is 124 Å². The average molecular weight is 327 g/mol. The van der Waals surface area contributed by atoms with Crippen molar-refractivity contribution in [1.29, 1.82) is 0 Å². The lowest BCUT2D eigenvalue weighted by molar-refractivity contribution is 0.151. The molecule has 0 radical (unpaired) electrons. The van der Waals surface area contributed by atoms with Gasteiger partial charge in [0.1, 0.15) is 5.82 Å². The molecule has 1 aromatic heterocycles. The maximum Gasteiger partial charge on any atom is 0.126 e. The van der Waals surface area contributed by atoms with E-state index in [1.165, 1.54) is 32.7 Å². The van der Waals surface area contributed by atoms with Crippen molar-refractivity contribution in [2.75, 3.05) is 45.1 Å². The predicted molar refractivity (Wildman–Crippen MR) is 83.6 cm³/mol. The minimum Gasteiger partial charge on any atom is -0.368 e. The van der Waals surface area contributed by atoms with Crippen LogP contribution >= 0.6 is 15.9 Å². The maximum atomic E-state index is 4.34. The van der Waals surface area contributed by atoms with Crippen LogP contribution in [-0.4, -0.2) is 60.6 Å². The van der Waals surface area contributed by atoms with Crippen molar-refractivity contribution in [2.24, 2.45) is 0 Å². The Balaban J connectivity index is 1.69. The third-order valence-corrected chi connectivity index (χ3v) is 4.06. The second-order valence-corrected chi connectivity index (χ2v) is 6.26. The predicted octanol–water partition coefficient (Wildman–Crippen LogP) is 2.28. The molecule has 1 atom stereocenters. The molecule has 19 heavy (non-hydrogen) atoms. The number of hydrogen-bond acceptors (Lipinski definition) is 4. The normalized spacial score (nSPS) is 19.3. The molecule has 1 aliphatic heterocycles. The Morgan fingerprint density at radius 3 is 2.68 bits per heavy atom.